The second kappa shape index (κ2) is 6.11. The Labute approximate surface area is 148 Å². The Morgan fingerprint density at radius 1 is 0.920 bits per heavy atom. The highest BCUT2D eigenvalue weighted by Crippen LogP contribution is 2.34. The summed E-state index contributed by atoms with van der Waals surface area (Å²) < 4.78 is 6.03. The summed E-state index contributed by atoms with van der Waals surface area (Å²) in [6, 6.07) is 8.65. The van der Waals surface area contributed by atoms with Crippen LogP contribution < -0.4 is 9.80 Å². The zero-order chi connectivity index (χ0) is 16.8. The molecule has 0 saturated carbocycles. The van der Waals surface area contributed by atoms with Crippen molar-refractivity contribution < 1.29 is 4.74 Å². The highest BCUT2D eigenvalue weighted by atomic mass is 16.5. The summed E-state index contributed by atoms with van der Waals surface area (Å²) in [5, 5.41) is 0. The third-order valence-corrected chi connectivity index (χ3v) is 5.82. The van der Waals surface area contributed by atoms with Crippen LogP contribution in [0.3, 0.4) is 0 Å². The van der Waals surface area contributed by atoms with E-state index in [0.717, 1.165) is 62.0 Å². The van der Waals surface area contributed by atoms with Gasteiger partial charge in [-0.3, -0.25) is 4.90 Å². The normalized spacial score (nSPS) is 27.2. The molecule has 0 amide bonds. The van der Waals surface area contributed by atoms with Crippen molar-refractivity contribution in [2.45, 2.75) is 25.0 Å². The summed E-state index contributed by atoms with van der Waals surface area (Å²) >= 11 is 0. The first-order valence-corrected chi connectivity index (χ1v) is 9.38. The van der Waals surface area contributed by atoms with Crippen molar-refractivity contribution in [3.8, 4) is 0 Å². The predicted octanol–water partition coefficient (Wildman–Crippen LogP) is 1.75. The molecular weight excluding hydrogens is 314 g/mol. The predicted molar refractivity (Wildman–Crippen MR) is 99.4 cm³/mol. The fraction of sp³-hybridized carbons (Fsp3) is 0.579. The molecule has 0 radical (unpaired) electrons. The number of nitrogens with zero attached hydrogens (tertiary/aromatic N) is 5. The van der Waals surface area contributed by atoms with E-state index in [9.17, 15) is 0 Å². The highest BCUT2D eigenvalue weighted by Gasteiger charge is 2.40. The first kappa shape index (κ1) is 15.3. The van der Waals surface area contributed by atoms with Crippen molar-refractivity contribution in [2.75, 3.05) is 56.2 Å². The average Bonchev–Trinajstić information content (AvgIpc) is 3.31. The number of likely N-dealkylation sites (N-methyl/N-ethyl adjacent to an activating group) is 1. The molecule has 132 valence electrons. The number of aromatic nitrogens is 2. The third-order valence-electron chi connectivity index (χ3n) is 5.82. The van der Waals surface area contributed by atoms with Gasteiger partial charge in [0.05, 0.1) is 29.8 Å². The first-order valence-electron chi connectivity index (χ1n) is 9.38. The summed E-state index contributed by atoms with van der Waals surface area (Å²) in [7, 11) is 2.21. The summed E-state index contributed by atoms with van der Waals surface area (Å²) in [6.07, 6.45) is 2.76. The number of rotatable bonds is 2. The van der Waals surface area contributed by atoms with Gasteiger partial charge in [0.2, 0.25) is 0 Å². The lowest BCUT2D eigenvalue weighted by Gasteiger charge is -2.33. The van der Waals surface area contributed by atoms with Gasteiger partial charge in [-0.2, -0.15) is 0 Å². The Hall–Kier alpha value is -1.92. The fourth-order valence-electron chi connectivity index (χ4n) is 4.37. The quantitative estimate of drug-likeness (QED) is 0.831. The molecule has 6 heteroatoms. The topological polar surface area (TPSA) is 44.7 Å². The number of morpholine rings is 1. The van der Waals surface area contributed by atoms with Gasteiger partial charge < -0.3 is 14.5 Å². The Bertz CT molecular complexity index is 775. The Kier molecular flexibility index (Phi) is 3.75. The minimum absolute atomic E-state index is 0.276. The number of para-hydroxylation sites is 2. The minimum atomic E-state index is 0.276. The minimum Gasteiger partial charge on any atom is -0.373 e. The van der Waals surface area contributed by atoms with E-state index in [1.54, 1.807) is 0 Å². The molecule has 0 N–H and O–H groups in total. The molecule has 2 unspecified atom stereocenters. The highest BCUT2D eigenvalue weighted by molar-refractivity contribution is 5.81. The van der Waals surface area contributed by atoms with Crippen molar-refractivity contribution in [3.05, 3.63) is 24.3 Å². The zero-order valence-corrected chi connectivity index (χ0v) is 14.8. The van der Waals surface area contributed by atoms with Gasteiger partial charge in [-0.25, -0.2) is 9.97 Å². The van der Waals surface area contributed by atoms with Crippen LogP contribution >= 0.6 is 0 Å². The maximum Gasteiger partial charge on any atom is 0.172 e. The smallest absolute Gasteiger partial charge is 0.172 e. The second-order valence-corrected chi connectivity index (χ2v) is 7.42. The SMILES string of the molecule is CN1CCOC2CN(c3nc4ccccc4nc3N3CCCC3)CC21. The van der Waals surface area contributed by atoms with E-state index in [1.165, 1.54) is 12.8 Å². The van der Waals surface area contributed by atoms with E-state index >= 15 is 0 Å². The van der Waals surface area contributed by atoms with Crippen molar-refractivity contribution in [2.24, 2.45) is 0 Å². The van der Waals surface area contributed by atoms with E-state index in [4.69, 9.17) is 14.7 Å². The van der Waals surface area contributed by atoms with E-state index in [1.807, 2.05) is 12.1 Å². The fourth-order valence-corrected chi connectivity index (χ4v) is 4.37. The van der Waals surface area contributed by atoms with Crippen molar-refractivity contribution in [1.29, 1.82) is 0 Å². The molecule has 2 atom stereocenters. The molecule has 3 fully saturated rings. The van der Waals surface area contributed by atoms with Crippen LogP contribution in [0, 0.1) is 0 Å². The van der Waals surface area contributed by atoms with Crippen molar-refractivity contribution >= 4 is 22.7 Å². The van der Waals surface area contributed by atoms with Crippen LogP contribution in [0.1, 0.15) is 12.8 Å². The standard InChI is InChI=1S/C19H25N5O/c1-22-10-11-25-17-13-24(12-16(17)22)19-18(23-8-4-5-9-23)20-14-6-2-3-7-15(14)21-19/h2-3,6-7,16-17H,4-5,8-13H2,1H3. The van der Waals surface area contributed by atoms with Gasteiger partial charge in [-0.1, -0.05) is 12.1 Å². The molecule has 3 saturated heterocycles. The van der Waals surface area contributed by atoms with Crippen molar-refractivity contribution in [3.63, 3.8) is 0 Å². The van der Waals surface area contributed by atoms with Crippen LogP contribution in [0.5, 0.6) is 0 Å². The number of ether oxygens (including phenoxy) is 1. The maximum absolute atomic E-state index is 6.03. The number of benzene rings is 1. The molecular formula is C19H25N5O. The van der Waals surface area contributed by atoms with Gasteiger partial charge in [0.25, 0.3) is 0 Å². The number of anilines is 2. The zero-order valence-electron chi connectivity index (χ0n) is 14.8. The Morgan fingerprint density at radius 3 is 2.28 bits per heavy atom. The molecule has 3 aliphatic rings. The van der Waals surface area contributed by atoms with E-state index < -0.39 is 0 Å². The van der Waals surface area contributed by atoms with Gasteiger partial charge in [-0.05, 0) is 32.0 Å². The Balaban J connectivity index is 1.56. The van der Waals surface area contributed by atoms with Crippen LogP contribution in [0.15, 0.2) is 24.3 Å². The van der Waals surface area contributed by atoms with Crippen LogP contribution in [0.4, 0.5) is 11.6 Å². The molecule has 25 heavy (non-hydrogen) atoms. The second-order valence-electron chi connectivity index (χ2n) is 7.42. The van der Waals surface area contributed by atoms with Crippen LogP contribution in [-0.4, -0.2) is 73.4 Å². The van der Waals surface area contributed by atoms with Gasteiger partial charge in [0, 0.05) is 32.7 Å². The lowest BCUT2D eigenvalue weighted by atomic mass is 10.1. The lowest BCUT2D eigenvalue weighted by Crippen LogP contribution is -2.48. The summed E-state index contributed by atoms with van der Waals surface area (Å²) in [5.74, 6) is 2.09. The van der Waals surface area contributed by atoms with Crippen LogP contribution in [0.25, 0.3) is 11.0 Å². The van der Waals surface area contributed by atoms with Gasteiger partial charge >= 0.3 is 0 Å². The molecule has 4 heterocycles. The molecule has 0 bridgehead atoms. The van der Waals surface area contributed by atoms with Crippen molar-refractivity contribution in [1.82, 2.24) is 14.9 Å². The van der Waals surface area contributed by atoms with Gasteiger partial charge in [-0.15, -0.1) is 0 Å². The summed E-state index contributed by atoms with van der Waals surface area (Å²) in [4.78, 5) is 17.3. The van der Waals surface area contributed by atoms with Crippen LogP contribution in [-0.2, 0) is 4.74 Å². The van der Waals surface area contributed by atoms with E-state index in [2.05, 4.69) is 33.9 Å². The molecule has 2 aromatic rings. The van der Waals surface area contributed by atoms with Gasteiger partial charge in [0.1, 0.15) is 0 Å². The monoisotopic (exact) mass is 339 g/mol. The Morgan fingerprint density at radius 2 is 1.60 bits per heavy atom. The summed E-state index contributed by atoms with van der Waals surface area (Å²) in [6.45, 7) is 5.87. The van der Waals surface area contributed by atoms with Crippen LogP contribution in [0.2, 0.25) is 0 Å². The molecule has 5 rings (SSSR count). The number of hydrogen-bond acceptors (Lipinski definition) is 6. The summed E-state index contributed by atoms with van der Waals surface area (Å²) in [5.41, 5.74) is 1.96. The van der Waals surface area contributed by atoms with E-state index in [-0.39, 0.29) is 6.10 Å². The number of hydrogen-bond donors (Lipinski definition) is 0. The first-order chi connectivity index (χ1) is 12.3. The molecule has 1 aromatic heterocycles. The molecule has 0 spiro atoms. The third kappa shape index (κ3) is 2.64. The number of fused-ring (bicyclic) bond motifs is 2. The van der Waals surface area contributed by atoms with Gasteiger partial charge in [0.15, 0.2) is 11.6 Å². The molecule has 6 nitrogen and oxygen atoms in total. The molecule has 0 aliphatic carbocycles. The average molecular weight is 339 g/mol. The largest absolute Gasteiger partial charge is 0.373 e. The molecule has 3 aliphatic heterocycles. The maximum atomic E-state index is 6.03. The molecule has 1 aromatic carbocycles. The van der Waals surface area contributed by atoms with E-state index in [0.29, 0.717) is 6.04 Å². The lowest BCUT2D eigenvalue weighted by molar-refractivity contribution is -0.0362.